The number of fused-ring (bicyclic) bond motifs is 2. The fraction of sp³-hybridized carbons (Fsp3) is 0.692. The molecule has 3 aliphatic heterocycles. The van der Waals surface area contributed by atoms with Crippen LogP contribution >= 0.6 is 11.6 Å². The number of amides is 1. The number of anilines is 1. The second-order valence-corrected chi connectivity index (χ2v) is 12.2. The number of alkyl halides is 1. The molecule has 0 N–H and O–H groups in total. The molecule has 2 aromatic heterocycles. The van der Waals surface area contributed by atoms with Crippen LogP contribution in [0, 0.1) is 11.7 Å². The lowest BCUT2D eigenvalue weighted by Crippen LogP contribution is -2.43. The molecule has 12 heteroatoms. The highest BCUT2D eigenvalue weighted by Crippen LogP contribution is 2.41. The number of hydrogen-bond donors (Lipinski definition) is 0. The lowest BCUT2D eigenvalue weighted by Gasteiger charge is -2.31. The number of halogens is 3. The lowest BCUT2D eigenvalue weighted by molar-refractivity contribution is 0.0287. The maximum atomic E-state index is 15.1. The third-order valence-electron chi connectivity index (χ3n) is 7.89. The second kappa shape index (κ2) is 9.89. The van der Waals surface area contributed by atoms with Gasteiger partial charge in [0.1, 0.15) is 29.7 Å². The largest absolute Gasteiger partial charge is 0.461 e. The summed E-state index contributed by atoms with van der Waals surface area (Å²) in [7, 11) is 1.85. The summed E-state index contributed by atoms with van der Waals surface area (Å²) in [4.78, 5) is 31.4. The van der Waals surface area contributed by atoms with Crippen molar-refractivity contribution in [1.82, 2.24) is 24.8 Å². The Bertz CT molecular complexity index is 1230. The van der Waals surface area contributed by atoms with Crippen molar-refractivity contribution in [3.63, 3.8) is 0 Å². The van der Waals surface area contributed by atoms with E-state index in [-0.39, 0.29) is 41.3 Å². The van der Waals surface area contributed by atoms with Crippen molar-refractivity contribution in [3.05, 3.63) is 17.2 Å². The van der Waals surface area contributed by atoms with Crippen molar-refractivity contribution >= 4 is 34.4 Å². The van der Waals surface area contributed by atoms with Gasteiger partial charge in [0, 0.05) is 39.3 Å². The van der Waals surface area contributed by atoms with Crippen LogP contribution < -0.4 is 9.64 Å². The molecule has 5 rings (SSSR count). The molecule has 2 aromatic rings. The van der Waals surface area contributed by atoms with Crippen molar-refractivity contribution in [3.8, 4) is 6.01 Å². The van der Waals surface area contributed by atoms with E-state index < -0.39 is 23.1 Å². The number of rotatable bonds is 5. The quantitative estimate of drug-likeness (QED) is 0.503. The monoisotopic (exact) mass is 552 g/mol. The number of carbonyl (C=O) groups is 1. The van der Waals surface area contributed by atoms with Crippen LogP contribution in [-0.2, 0) is 4.74 Å². The van der Waals surface area contributed by atoms with Crippen molar-refractivity contribution in [2.24, 2.45) is 5.92 Å². The molecule has 9 nitrogen and oxygen atoms in total. The summed E-state index contributed by atoms with van der Waals surface area (Å²) in [5.74, 6) is -0.254. The number of hydrogen-bond acceptors (Lipinski definition) is 8. The van der Waals surface area contributed by atoms with Gasteiger partial charge in [-0.05, 0) is 46.1 Å². The molecule has 38 heavy (non-hydrogen) atoms. The average Bonchev–Trinajstić information content (AvgIpc) is 3.50. The molecule has 1 amide bonds. The Labute approximate surface area is 226 Å². The Kier molecular flexibility index (Phi) is 7.04. The summed E-state index contributed by atoms with van der Waals surface area (Å²) in [6.07, 6.45) is 2.39. The molecule has 5 heterocycles. The van der Waals surface area contributed by atoms with Crippen molar-refractivity contribution in [2.75, 3.05) is 44.7 Å². The van der Waals surface area contributed by atoms with Crippen molar-refractivity contribution in [1.29, 1.82) is 0 Å². The van der Waals surface area contributed by atoms with E-state index in [4.69, 9.17) is 21.1 Å². The molecule has 208 valence electrons. The summed E-state index contributed by atoms with van der Waals surface area (Å²) in [6, 6.07) is -0.128. The highest BCUT2D eigenvalue weighted by Gasteiger charge is 2.49. The van der Waals surface area contributed by atoms with E-state index in [1.165, 1.54) is 6.20 Å². The standard InChI is InChI=1S/C26H35ClF2N6O3/c1-15-11-34(24(36)38-25(2,3)4)13-18(15)33(5)22-17-10-30-21(27)19(29)20(17)31-23(32-22)37-14-26-7-6-8-35(26)12-16(28)9-26/h10,15-16,18H,6-9,11-14H2,1-5H3/t15-,16+,18+,26-/m0/s1. The summed E-state index contributed by atoms with van der Waals surface area (Å²) in [5, 5.41) is 0.0905. The number of carbonyl (C=O) groups excluding carboxylic acids is 1. The molecule has 0 saturated carbocycles. The molecular formula is C26H35ClF2N6O3. The Balaban J connectivity index is 1.44. The molecule has 0 spiro atoms. The van der Waals surface area contributed by atoms with Gasteiger partial charge in [-0.1, -0.05) is 18.5 Å². The number of ether oxygens (including phenoxy) is 2. The number of pyridine rings is 1. The molecule has 0 aromatic carbocycles. The predicted octanol–water partition coefficient (Wildman–Crippen LogP) is 4.46. The van der Waals surface area contributed by atoms with Crippen LogP contribution in [0.3, 0.4) is 0 Å². The number of likely N-dealkylation sites (tertiary alicyclic amines) is 1. The van der Waals surface area contributed by atoms with Gasteiger partial charge in [-0.15, -0.1) is 0 Å². The van der Waals surface area contributed by atoms with Crippen LogP contribution in [0.15, 0.2) is 6.20 Å². The van der Waals surface area contributed by atoms with Crippen LogP contribution in [0.25, 0.3) is 10.9 Å². The first-order valence-electron chi connectivity index (χ1n) is 13.1. The van der Waals surface area contributed by atoms with Crippen molar-refractivity contribution in [2.45, 2.75) is 70.3 Å². The van der Waals surface area contributed by atoms with E-state index in [0.29, 0.717) is 37.3 Å². The summed E-state index contributed by atoms with van der Waals surface area (Å²) >= 11 is 5.99. The van der Waals surface area contributed by atoms with Gasteiger partial charge in [0.25, 0.3) is 0 Å². The molecular weight excluding hydrogens is 518 g/mol. The highest BCUT2D eigenvalue weighted by atomic mass is 35.5. The minimum Gasteiger partial charge on any atom is -0.461 e. The molecule has 0 bridgehead atoms. The van der Waals surface area contributed by atoms with Gasteiger partial charge in [0.2, 0.25) is 0 Å². The smallest absolute Gasteiger partial charge is 0.410 e. The Morgan fingerprint density at radius 1 is 1.29 bits per heavy atom. The predicted molar refractivity (Wildman–Crippen MR) is 140 cm³/mol. The van der Waals surface area contributed by atoms with Crippen LogP contribution in [-0.4, -0.2) is 94.0 Å². The van der Waals surface area contributed by atoms with Crippen LogP contribution in [0.2, 0.25) is 5.15 Å². The minimum atomic E-state index is -0.891. The first-order valence-corrected chi connectivity index (χ1v) is 13.5. The van der Waals surface area contributed by atoms with Gasteiger partial charge in [0.05, 0.1) is 17.0 Å². The third-order valence-corrected chi connectivity index (χ3v) is 8.15. The van der Waals surface area contributed by atoms with Gasteiger partial charge in [0.15, 0.2) is 11.0 Å². The van der Waals surface area contributed by atoms with Gasteiger partial charge >= 0.3 is 12.1 Å². The Morgan fingerprint density at radius 2 is 2.05 bits per heavy atom. The fourth-order valence-electron chi connectivity index (χ4n) is 6.07. The molecule has 0 unspecified atom stereocenters. The topological polar surface area (TPSA) is 83.9 Å². The van der Waals surface area contributed by atoms with Crippen molar-refractivity contribution < 1.29 is 23.0 Å². The maximum Gasteiger partial charge on any atom is 0.410 e. The van der Waals surface area contributed by atoms with Gasteiger partial charge < -0.3 is 19.3 Å². The zero-order chi connectivity index (χ0) is 27.4. The minimum absolute atomic E-state index is 0.00121. The molecule has 4 atom stereocenters. The number of likely N-dealkylation sites (N-methyl/N-ethyl adjacent to an activating group) is 1. The van der Waals surface area contributed by atoms with Crippen LogP contribution in [0.5, 0.6) is 6.01 Å². The maximum absolute atomic E-state index is 15.1. The fourth-order valence-corrected chi connectivity index (χ4v) is 6.21. The summed E-state index contributed by atoms with van der Waals surface area (Å²) in [5.41, 5.74) is -0.994. The normalized spacial score (nSPS) is 27.7. The van der Waals surface area contributed by atoms with Crippen LogP contribution in [0.1, 0.15) is 47.0 Å². The number of nitrogens with zero attached hydrogens (tertiary/aromatic N) is 6. The van der Waals surface area contributed by atoms with Gasteiger partial charge in [-0.2, -0.15) is 9.97 Å². The van der Waals surface area contributed by atoms with E-state index >= 15 is 4.39 Å². The van der Waals surface area contributed by atoms with E-state index in [9.17, 15) is 9.18 Å². The summed E-state index contributed by atoms with van der Waals surface area (Å²) < 4.78 is 41.0. The highest BCUT2D eigenvalue weighted by molar-refractivity contribution is 6.30. The van der Waals surface area contributed by atoms with E-state index in [2.05, 4.69) is 19.9 Å². The average molecular weight is 553 g/mol. The number of aromatic nitrogens is 3. The third kappa shape index (κ3) is 5.06. The molecule has 0 radical (unpaired) electrons. The first kappa shape index (κ1) is 27.1. The molecule has 0 aliphatic carbocycles. The molecule has 3 saturated heterocycles. The Morgan fingerprint density at radius 3 is 2.79 bits per heavy atom. The Hall–Kier alpha value is -2.53. The van der Waals surface area contributed by atoms with Crippen LogP contribution in [0.4, 0.5) is 19.4 Å². The second-order valence-electron chi connectivity index (χ2n) is 11.9. The van der Waals surface area contributed by atoms with Gasteiger partial charge in [-0.25, -0.2) is 18.6 Å². The molecule has 3 aliphatic rings. The van der Waals surface area contributed by atoms with E-state index in [1.807, 2.05) is 39.6 Å². The zero-order valence-corrected chi connectivity index (χ0v) is 23.3. The van der Waals surface area contributed by atoms with E-state index in [0.717, 1.165) is 19.4 Å². The lowest BCUT2D eigenvalue weighted by atomic mass is 9.95. The molecule has 3 fully saturated rings. The van der Waals surface area contributed by atoms with E-state index in [1.54, 1.807) is 4.90 Å². The SMILES string of the molecule is C[C@H]1CN(C(=O)OC(C)(C)C)C[C@H]1N(C)c1nc(OC[C@@]23CCCN2C[C@H](F)C3)nc2c(F)c(Cl)ncc12. The summed E-state index contributed by atoms with van der Waals surface area (Å²) in [6.45, 7) is 9.92. The first-order chi connectivity index (χ1) is 17.9. The van der Waals surface area contributed by atoms with Gasteiger partial charge in [-0.3, -0.25) is 4.90 Å². The zero-order valence-electron chi connectivity index (χ0n) is 22.5.